The molecule has 0 unspecified atom stereocenters. The Labute approximate surface area is 283 Å². The lowest BCUT2D eigenvalue weighted by Gasteiger charge is -2.24. The summed E-state index contributed by atoms with van der Waals surface area (Å²) in [7, 11) is 4.46. The molecule has 3 amide bonds. The minimum absolute atomic E-state index is 0.0306. The average molecular weight is 674 g/mol. The molecule has 4 rings (SSSR count). The molecule has 0 radical (unpaired) electrons. The lowest BCUT2D eigenvalue weighted by molar-refractivity contribution is -0.117. The van der Waals surface area contributed by atoms with Gasteiger partial charge in [-0.1, -0.05) is 35.9 Å². The van der Waals surface area contributed by atoms with Crippen LogP contribution >= 0.6 is 23.4 Å². The van der Waals surface area contributed by atoms with Gasteiger partial charge in [-0.2, -0.15) is 0 Å². The number of anilines is 2. The molecule has 11 heteroatoms. The first-order valence-corrected chi connectivity index (χ1v) is 15.7. The van der Waals surface area contributed by atoms with E-state index in [1.165, 1.54) is 39.2 Å². The van der Waals surface area contributed by atoms with Crippen molar-refractivity contribution >= 4 is 58.5 Å². The van der Waals surface area contributed by atoms with Crippen molar-refractivity contribution in [3.05, 3.63) is 112 Å². The van der Waals surface area contributed by atoms with E-state index in [0.29, 0.717) is 44.8 Å². The summed E-state index contributed by atoms with van der Waals surface area (Å²) in [6, 6.07) is 24.4. The maximum atomic E-state index is 13.6. The van der Waals surface area contributed by atoms with Crippen LogP contribution in [0.4, 0.5) is 11.4 Å². The summed E-state index contributed by atoms with van der Waals surface area (Å²) in [6.07, 6.45) is 1.50. The van der Waals surface area contributed by atoms with Gasteiger partial charge >= 0.3 is 0 Å². The van der Waals surface area contributed by atoms with Gasteiger partial charge in [0.15, 0.2) is 11.5 Å². The van der Waals surface area contributed by atoms with Gasteiger partial charge in [0, 0.05) is 32.4 Å². The first-order chi connectivity index (χ1) is 22.5. The molecule has 0 atom stereocenters. The molecule has 0 aliphatic heterocycles. The van der Waals surface area contributed by atoms with E-state index in [-0.39, 0.29) is 11.6 Å². The van der Waals surface area contributed by atoms with E-state index < -0.39 is 16.6 Å². The normalized spacial score (nSPS) is 11.3. The van der Waals surface area contributed by atoms with Crippen LogP contribution in [0.25, 0.3) is 6.08 Å². The second-order valence-electron chi connectivity index (χ2n) is 10.8. The van der Waals surface area contributed by atoms with Crippen LogP contribution in [0.2, 0.25) is 5.02 Å². The van der Waals surface area contributed by atoms with Crippen LogP contribution < -0.4 is 30.2 Å². The zero-order valence-corrected chi connectivity index (χ0v) is 28.5. The Kier molecular flexibility index (Phi) is 11.6. The maximum Gasteiger partial charge on any atom is 0.272 e. The number of thioether (sulfide) groups is 1. The van der Waals surface area contributed by atoms with Crippen molar-refractivity contribution in [2.75, 3.05) is 32.0 Å². The molecule has 9 nitrogen and oxygen atoms in total. The number of carbonyl (C=O) groups excluding carboxylic acids is 3. The Hall–Kier alpha value is -4.93. The number of carbonyl (C=O) groups is 3. The van der Waals surface area contributed by atoms with Gasteiger partial charge in [0.2, 0.25) is 11.7 Å². The molecule has 0 saturated heterocycles. The Morgan fingerprint density at radius 2 is 1.47 bits per heavy atom. The Bertz CT molecular complexity index is 1790. The average Bonchev–Trinajstić information content (AvgIpc) is 3.07. The van der Waals surface area contributed by atoms with Gasteiger partial charge in [-0.3, -0.25) is 14.4 Å². The van der Waals surface area contributed by atoms with Crippen molar-refractivity contribution < 1.29 is 28.6 Å². The van der Waals surface area contributed by atoms with E-state index in [9.17, 15) is 14.4 Å². The lowest BCUT2D eigenvalue weighted by Crippen LogP contribution is -2.34. The van der Waals surface area contributed by atoms with Crippen LogP contribution in [0.3, 0.4) is 0 Å². The largest absolute Gasteiger partial charge is 0.493 e. The van der Waals surface area contributed by atoms with Gasteiger partial charge < -0.3 is 30.2 Å². The highest BCUT2D eigenvalue weighted by atomic mass is 35.5. The molecule has 0 fully saturated rings. The molecule has 47 heavy (non-hydrogen) atoms. The fourth-order valence-corrected chi connectivity index (χ4v) is 5.68. The lowest BCUT2D eigenvalue weighted by atomic mass is 10.1. The standard InChI is InChI=1S/C36H36ClN3O6S/c1-22-27(37)13-10-14-28(22)40-35(43)36(2,3)47-26-18-16-25(17-19-26)38-34(42)29(39-33(41)23-11-8-7-9-12-23)21-24-15-20-30(44-4)32(46-6)31(24)45-5/h7-21H,1-6H3,(H,38,42)(H,39,41)(H,40,43). The molecule has 4 aromatic carbocycles. The summed E-state index contributed by atoms with van der Waals surface area (Å²) in [5.74, 6) is -0.108. The molecular formula is C36H36ClN3O6S. The monoisotopic (exact) mass is 673 g/mol. The number of halogens is 1. The van der Waals surface area contributed by atoms with Gasteiger partial charge in [0.25, 0.3) is 11.8 Å². The van der Waals surface area contributed by atoms with Crippen LogP contribution in [0.5, 0.6) is 17.2 Å². The molecule has 0 heterocycles. The van der Waals surface area contributed by atoms with Crippen molar-refractivity contribution in [3.8, 4) is 17.2 Å². The second kappa shape index (κ2) is 15.6. The number of benzene rings is 4. The zero-order valence-electron chi connectivity index (χ0n) is 26.9. The molecule has 0 aliphatic rings. The number of hydrogen-bond acceptors (Lipinski definition) is 7. The molecule has 244 valence electrons. The van der Waals surface area contributed by atoms with Crippen LogP contribution in [-0.2, 0) is 9.59 Å². The molecule has 0 spiro atoms. The third-order valence-corrected chi connectivity index (χ3v) is 8.72. The third-order valence-electron chi connectivity index (χ3n) is 7.11. The fourth-order valence-electron chi connectivity index (χ4n) is 4.50. The molecular weight excluding hydrogens is 638 g/mol. The van der Waals surface area contributed by atoms with Crippen LogP contribution in [0, 0.1) is 6.92 Å². The first kappa shape index (κ1) is 34.9. The van der Waals surface area contributed by atoms with E-state index >= 15 is 0 Å². The number of rotatable bonds is 12. The van der Waals surface area contributed by atoms with Gasteiger partial charge in [-0.25, -0.2) is 0 Å². The summed E-state index contributed by atoms with van der Waals surface area (Å²) in [6.45, 7) is 5.51. The zero-order chi connectivity index (χ0) is 34.1. The van der Waals surface area contributed by atoms with Crippen LogP contribution in [-0.4, -0.2) is 43.8 Å². The van der Waals surface area contributed by atoms with E-state index in [1.54, 1.807) is 66.7 Å². The molecule has 0 saturated carbocycles. The van der Waals surface area contributed by atoms with Gasteiger partial charge in [-0.05, 0) is 93.1 Å². The van der Waals surface area contributed by atoms with E-state index in [2.05, 4.69) is 16.0 Å². The molecule has 0 aliphatic carbocycles. The maximum absolute atomic E-state index is 13.6. The second-order valence-corrected chi connectivity index (χ2v) is 12.9. The van der Waals surface area contributed by atoms with Crippen molar-refractivity contribution in [1.29, 1.82) is 0 Å². The highest BCUT2D eigenvalue weighted by Crippen LogP contribution is 2.40. The number of ether oxygens (including phenoxy) is 3. The SMILES string of the molecule is COc1ccc(C=C(NC(=O)c2ccccc2)C(=O)Nc2ccc(SC(C)(C)C(=O)Nc3cccc(Cl)c3C)cc2)c(OC)c1OC. The number of nitrogens with one attached hydrogen (secondary N) is 3. The summed E-state index contributed by atoms with van der Waals surface area (Å²) in [5.41, 5.74) is 2.75. The molecule has 0 aromatic heterocycles. The quantitative estimate of drug-likeness (QED) is 0.105. The number of amides is 3. The summed E-state index contributed by atoms with van der Waals surface area (Å²) in [4.78, 5) is 40.7. The molecule has 4 aromatic rings. The van der Waals surface area contributed by atoms with Gasteiger partial charge in [0.1, 0.15) is 5.70 Å². The summed E-state index contributed by atoms with van der Waals surface area (Å²) < 4.78 is 15.6. The predicted molar refractivity (Wildman–Crippen MR) is 188 cm³/mol. The highest BCUT2D eigenvalue weighted by molar-refractivity contribution is 8.01. The van der Waals surface area contributed by atoms with Crippen molar-refractivity contribution in [2.24, 2.45) is 0 Å². The summed E-state index contributed by atoms with van der Waals surface area (Å²) in [5, 5.41) is 9.11. The van der Waals surface area contributed by atoms with Crippen LogP contribution in [0.15, 0.2) is 95.5 Å². The summed E-state index contributed by atoms with van der Waals surface area (Å²) >= 11 is 7.59. The Balaban J connectivity index is 1.55. The van der Waals surface area contributed by atoms with E-state index in [0.717, 1.165) is 10.5 Å². The fraction of sp³-hybridized carbons (Fsp3) is 0.194. The van der Waals surface area contributed by atoms with Gasteiger partial charge in [-0.15, -0.1) is 11.8 Å². The molecule has 3 N–H and O–H groups in total. The Morgan fingerprint density at radius 1 is 0.787 bits per heavy atom. The minimum Gasteiger partial charge on any atom is -0.493 e. The van der Waals surface area contributed by atoms with E-state index in [4.69, 9.17) is 25.8 Å². The van der Waals surface area contributed by atoms with Gasteiger partial charge in [0.05, 0.1) is 26.1 Å². The number of methoxy groups -OCH3 is 3. The highest BCUT2D eigenvalue weighted by Gasteiger charge is 2.29. The third kappa shape index (κ3) is 8.66. The Morgan fingerprint density at radius 3 is 2.11 bits per heavy atom. The topological polar surface area (TPSA) is 115 Å². The number of hydrogen-bond donors (Lipinski definition) is 3. The smallest absolute Gasteiger partial charge is 0.272 e. The van der Waals surface area contributed by atoms with Crippen molar-refractivity contribution in [2.45, 2.75) is 30.4 Å². The first-order valence-electron chi connectivity index (χ1n) is 14.5. The minimum atomic E-state index is -0.824. The molecule has 0 bridgehead atoms. The van der Waals surface area contributed by atoms with E-state index in [1.807, 2.05) is 39.0 Å². The predicted octanol–water partition coefficient (Wildman–Crippen LogP) is 7.59. The van der Waals surface area contributed by atoms with Crippen molar-refractivity contribution in [1.82, 2.24) is 5.32 Å². The van der Waals surface area contributed by atoms with Crippen molar-refractivity contribution in [3.63, 3.8) is 0 Å². The van der Waals surface area contributed by atoms with Crippen LogP contribution in [0.1, 0.15) is 35.3 Å².